The van der Waals surface area contributed by atoms with Gasteiger partial charge in [0.05, 0.1) is 6.61 Å². The van der Waals surface area contributed by atoms with Crippen LogP contribution < -0.4 is 5.32 Å². The summed E-state index contributed by atoms with van der Waals surface area (Å²) in [6, 6.07) is 10.2. The molecule has 18 heavy (non-hydrogen) atoms. The molecule has 97 valence electrons. The minimum atomic E-state index is -0.468. The lowest BCUT2D eigenvalue weighted by Gasteiger charge is -2.05. The van der Waals surface area contributed by atoms with Gasteiger partial charge in [-0.25, -0.2) is 4.79 Å². The van der Waals surface area contributed by atoms with Crippen LogP contribution in [0.1, 0.15) is 24.8 Å². The molecule has 0 heterocycles. The minimum absolute atomic E-state index is 0.198. The number of amides is 1. The molecule has 4 heteroatoms. The molecule has 0 aromatic heterocycles. The first-order valence-electron chi connectivity index (χ1n) is 6.12. The summed E-state index contributed by atoms with van der Waals surface area (Å²) in [5.41, 5.74) is 1.29. The highest BCUT2D eigenvalue weighted by Gasteiger charge is 2.00. The van der Waals surface area contributed by atoms with E-state index in [9.17, 15) is 9.59 Å². The fraction of sp³-hybridized carbons (Fsp3) is 0.429. The van der Waals surface area contributed by atoms with Crippen LogP contribution in [0.5, 0.6) is 0 Å². The van der Waals surface area contributed by atoms with Gasteiger partial charge in [0.25, 0.3) is 0 Å². The molecule has 0 aliphatic rings. The lowest BCUT2D eigenvalue weighted by atomic mass is 10.1. The minimum Gasteiger partial charge on any atom is -0.450 e. The maximum Gasteiger partial charge on any atom is 0.407 e. The number of hydrogen-bond acceptors (Lipinski definition) is 3. The molecule has 0 unspecified atom stereocenters. The summed E-state index contributed by atoms with van der Waals surface area (Å²) in [7, 11) is 0. The molecule has 0 atom stereocenters. The molecule has 4 nitrogen and oxygen atoms in total. The molecular weight excluding hydrogens is 230 g/mol. The summed E-state index contributed by atoms with van der Waals surface area (Å²) >= 11 is 0. The first-order chi connectivity index (χ1) is 8.83. The van der Waals surface area contributed by atoms with E-state index < -0.39 is 6.09 Å². The van der Waals surface area contributed by atoms with Crippen molar-refractivity contribution in [1.29, 1.82) is 0 Å². The average molecular weight is 248 g/mol. The Morgan fingerprint density at radius 3 is 2.72 bits per heavy atom. The van der Waals surface area contributed by atoms with Gasteiger partial charge >= 0.3 is 6.09 Å². The highest BCUT2D eigenvalue weighted by atomic mass is 16.5. The zero-order chi connectivity index (χ0) is 13.1. The van der Waals surface area contributed by atoms with Crippen molar-refractivity contribution in [3.63, 3.8) is 0 Å². The van der Waals surface area contributed by atoms with Gasteiger partial charge in [-0.2, -0.15) is 0 Å². The Labute approximate surface area is 107 Å². The van der Waals surface area contributed by atoms with Gasteiger partial charge in [-0.05, 0) is 24.8 Å². The molecule has 1 amide bonds. The molecule has 0 aliphatic heterocycles. The van der Waals surface area contributed by atoms with E-state index in [4.69, 9.17) is 4.74 Å². The monoisotopic (exact) mass is 248 g/mol. The predicted molar refractivity (Wildman–Crippen MR) is 69.0 cm³/mol. The Balaban J connectivity index is 1.98. The molecule has 0 spiro atoms. The molecule has 0 saturated carbocycles. The Morgan fingerprint density at radius 1 is 1.22 bits per heavy atom. The van der Waals surface area contributed by atoms with Crippen LogP contribution in [0.25, 0.3) is 0 Å². The Hall–Kier alpha value is -1.84. The van der Waals surface area contributed by atoms with E-state index >= 15 is 0 Å². The normalized spacial score (nSPS) is 9.78. The second kappa shape index (κ2) is 9.22. The standard InChI is InChI=1S/C14H18NO3/c16-11-6-10-15-14(17)18-12-5-4-9-13-7-2-1-3-8-13/h1-3,7-8H,4-6,9-10,12H2,(H,15,17). The Morgan fingerprint density at radius 2 is 2.00 bits per heavy atom. The highest BCUT2D eigenvalue weighted by molar-refractivity contribution is 5.67. The number of carbonyl (C=O) groups is 1. The zero-order valence-corrected chi connectivity index (χ0v) is 10.4. The van der Waals surface area contributed by atoms with E-state index in [1.807, 2.05) is 18.2 Å². The van der Waals surface area contributed by atoms with Gasteiger partial charge in [-0.15, -0.1) is 0 Å². The van der Waals surface area contributed by atoms with Gasteiger partial charge < -0.3 is 10.1 Å². The summed E-state index contributed by atoms with van der Waals surface area (Å²) in [6.07, 6.45) is 4.24. The third kappa shape index (κ3) is 6.68. The molecule has 0 bridgehead atoms. The van der Waals surface area contributed by atoms with Crippen LogP contribution in [0.15, 0.2) is 30.3 Å². The zero-order valence-electron chi connectivity index (χ0n) is 10.4. The first kappa shape index (κ1) is 14.2. The molecular formula is C14H18NO3. The molecule has 1 radical (unpaired) electrons. The lowest BCUT2D eigenvalue weighted by molar-refractivity contribution is 0.144. The number of nitrogens with one attached hydrogen (secondary N) is 1. The fourth-order valence-corrected chi connectivity index (χ4v) is 1.51. The van der Waals surface area contributed by atoms with Crippen molar-refractivity contribution >= 4 is 12.4 Å². The van der Waals surface area contributed by atoms with Crippen molar-refractivity contribution < 1.29 is 14.3 Å². The Kier molecular flexibility index (Phi) is 7.28. The van der Waals surface area contributed by atoms with Gasteiger partial charge in [0.1, 0.15) is 0 Å². The summed E-state index contributed by atoms with van der Waals surface area (Å²) in [4.78, 5) is 21.0. The number of aryl methyl sites for hydroxylation is 1. The van der Waals surface area contributed by atoms with Crippen molar-refractivity contribution in [2.75, 3.05) is 13.2 Å². The molecule has 1 aromatic rings. The van der Waals surface area contributed by atoms with Gasteiger partial charge in [0.2, 0.25) is 0 Å². The summed E-state index contributed by atoms with van der Waals surface area (Å²) in [6.45, 7) is 0.690. The lowest BCUT2D eigenvalue weighted by Crippen LogP contribution is -2.25. The number of rotatable bonds is 8. The van der Waals surface area contributed by atoms with Crippen LogP contribution in [0.4, 0.5) is 4.79 Å². The van der Waals surface area contributed by atoms with E-state index in [2.05, 4.69) is 17.4 Å². The van der Waals surface area contributed by atoms with Crippen LogP contribution in [0.2, 0.25) is 0 Å². The topological polar surface area (TPSA) is 55.4 Å². The van der Waals surface area contributed by atoms with E-state index in [-0.39, 0.29) is 13.0 Å². The quantitative estimate of drug-likeness (QED) is 0.718. The maximum atomic E-state index is 11.1. The molecule has 0 aliphatic carbocycles. The van der Waals surface area contributed by atoms with Crippen molar-refractivity contribution in [2.45, 2.75) is 25.7 Å². The SMILES string of the molecule is O=[C]CCNC(=O)OCCCCc1ccccc1. The van der Waals surface area contributed by atoms with Crippen molar-refractivity contribution in [3.8, 4) is 0 Å². The second-order valence-corrected chi connectivity index (χ2v) is 3.90. The third-order valence-electron chi connectivity index (χ3n) is 2.43. The molecule has 1 aromatic carbocycles. The molecule has 1 N–H and O–H groups in total. The predicted octanol–water partition coefficient (Wildman–Crippen LogP) is 2.24. The second-order valence-electron chi connectivity index (χ2n) is 3.90. The third-order valence-corrected chi connectivity index (χ3v) is 2.43. The fourth-order valence-electron chi connectivity index (χ4n) is 1.51. The summed E-state index contributed by atoms with van der Waals surface area (Å²) < 4.78 is 4.95. The summed E-state index contributed by atoms with van der Waals surface area (Å²) in [5.74, 6) is 0. The van der Waals surface area contributed by atoms with Crippen LogP contribution in [-0.2, 0) is 16.0 Å². The van der Waals surface area contributed by atoms with Crippen LogP contribution in [0.3, 0.4) is 0 Å². The molecule has 1 rings (SSSR count). The van der Waals surface area contributed by atoms with Crippen LogP contribution in [0, 0.1) is 0 Å². The van der Waals surface area contributed by atoms with Gasteiger partial charge in [-0.3, -0.25) is 4.79 Å². The van der Waals surface area contributed by atoms with E-state index in [0.717, 1.165) is 19.3 Å². The molecule has 0 fully saturated rings. The Bertz CT molecular complexity index is 351. The largest absolute Gasteiger partial charge is 0.450 e. The van der Waals surface area contributed by atoms with Gasteiger partial charge in [0.15, 0.2) is 6.29 Å². The number of unbranched alkanes of at least 4 members (excludes halogenated alkanes) is 1. The summed E-state index contributed by atoms with van der Waals surface area (Å²) in [5, 5.41) is 2.47. The first-order valence-corrected chi connectivity index (χ1v) is 6.12. The van der Waals surface area contributed by atoms with Gasteiger partial charge in [-0.1, -0.05) is 30.3 Å². The molecule has 0 saturated heterocycles. The van der Waals surface area contributed by atoms with Crippen molar-refractivity contribution in [3.05, 3.63) is 35.9 Å². The number of hydrogen-bond donors (Lipinski definition) is 1. The van der Waals surface area contributed by atoms with Crippen molar-refractivity contribution in [1.82, 2.24) is 5.32 Å². The average Bonchev–Trinajstić information content (AvgIpc) is 2.40. The van der Waals surface area contributed by atoms with E-state index in [1.165, 1.54) is 5.56 Å². The van der Waals surface area contributed by atoms with Crippen LogP contribution in [-0.4, -0.2) is 25.5 Å². The van der Waals surface area contributed by atoms with Gasteiger partial charge in [0, 0.05) is 13.0 Å². The number of alkyl carbamates (subject to hydrolysis) is 1. The number of benzene rings is 1. The maximum absolute atomic E-state index is 11.1. The van der Waals surface area contributed by atoms with Crippen molar-refractivity contribution in [2.24, 2.45) is 0 Å². The number of ether oxygens (including phenoxy) is 1. The smallest absolute Gasteiger partial charge is 0.407 e. The number of carbonyl (C=O) groups excluding carboxylic acids is 2. The van der Waals surface area contributed by atoms with Crippen LogP contribution >= 0.6 is 0 Å². The van der Waals surface area contributed by atoms with E-state index in [1.54, 1.807) is 6.29 Å². The van der Waals surface area contributed by atoms with E-state index in [0.29, 0.717) is 6.61 Å². The highest BCUT2D eigenvalue weighted by Crippen LogP contribution is 2.04.